The smallest absolute Gasteiger partial charge is 0.116 e. The fraction of sp³-hybridized carbons (Fsp3) is 0.0370. The molecule has 5 nitrogen and oxygen atoms in total. The highest BCUT2D eigenvalue weighted by atomic mass is 15.1. The lowest BCUT2D eigenvalue weighted by atomic mass is 10.0. The van der Waals surface area contributed by atoms with Crippen molar-refractivity contribution in [2.75, 3.05) is 0 Å². The molecule has 0 saturated heterocycles. The van der Waals surface area contributed by atoms with Gasteiger partial charge >= 0.3 is 0 Å². The summed E-state index contributed by atoms with van der Waals surface area (Å²) >= 11 is 0. The van der Waals surface area contributed by atoms with Gasteiger partial charge in [0.1, 0.15) is 5.69 Å². The molecule has 0 atom stereocenters. The topological polar surface area (TPSA) is 83.4 Å². The van der Waals surface area contributed by atoms with E-state index in [0.29, 0.717) is 5.70 Å². The molecule has 32 heavy (non-hydrogen) atoms. The Labute approximate surface area is 186 Å². The number of benzene rings is 2. The molecule has 0 spiro atoms. The first-order valence-electron chi connectivity index (χ1n) is 10.5. The van der Waals surface area contributed by atoms with Crippen molar-refractivity contribution >= 4 is 27.4 Å². The number of nitrogens with two attached hydrogens (primary N) is 1. The Morgan fingerprint density at radius 3 is 2.69 bits per heavy atom. The number of pyridine rings is 1. The lowest BCUT2D eigenvalue weighted by Gasteiger charge is -2.04. The van der Waals surface area contributed by atoms with Gasteiger partial charge in [-0.1, -0.05) is 36.9 Å². The summed E-state index contributed by atoms with van der Waals surface area (Å²) in [6.07, 6.45) is 7.43. The molecule has 0 aliphatic rings. The predicted molar refractivity (Wildman–Crippen MR) is 133 cm³/mol. The van der Waals surface area contributed by atoms with Crippen LogP contribution in [0.1, 0.15) is 12.5 Å². The molecule has 5 heteroatoms. The van der Waals surface area contributed by atoms with Crippen molar-refractivity contribution in [3.05, 3.63) is 103 Å². The first-order chi connectivity index (χ1) is 15.7. The van der Waals surface area contributed by atoms with Gasteiger partial charge in [0, 0.05) is 33.7 Å². The summed E-state index contributed by atoms with van der Waals surface area (Å²) in [6.45, 7) is 5.74. The minimum Gasteiger partial charge on any atom is -0.399 e. The highest BCUT2D eigenvalue weighted by Crippen LogP contribution is 2.34. The first kappa shape index (κ1) is 19.6. The van der Waals surface area contributed by atoms with E-state index in [1.54, 1.807) is 6.08 Å². The van der Waals surface area contributed by atoms with Crippen molar-refractivity contribution in [2.45, 2.75) is 6.92 Å². The maximum Gasteiger partial charge on any atom is 0.116 e. The number of hydrogen-bond acceptors (Lipinski definition) is 3. The lowest BCUT2D eigenvalue weighted by molar-refractivity contribution is 1.12. The quantitative estimate of drug-likeness (QED) is 0.298. The summed E-state index contributed by atoms with van der Waals surface area (Å²) in [6, 6.07) is 20.6. The number of allylic oxidation sites excluding steroid dienone is 4. The number of nitrogens with one attached hydrogen (secondary N) is 2. The summed E-state index contributed by atoms with van der Waals surface area (Å²) < 4.78 is 0. The normalized spacial score (nSPS) is 12.5. The number of fused-ring (bicyclic) bond motifs is 2. The number of H-pyrrole nitrogens is 2. The van der Waals surface area contributed by atoms with Crippen LogP contribution in [0.4, 0.5) is 0 Å². The zero-order valence-electron chi connectivity index (χ0n) is 17.8. The average molecular weight is 418 g/mol. The molecular weight excluding hydrogens is 394 g/mol. The van der Waals surface area contributed by atoms with Crippen LogP contribution in [0.15, 0.2) is 97.4 Å². The summed E-state index contributed by atoms with van der Waals surface area (Å²) in [5.41, 5.74) is 14.6. The SMILES string of the molecule is C=C/C(N)=C\C(=C/C)c1ccc2[nH]nc(-c3cc4c(-c5ccccn5)cccc4[nH]3)c2c1. The van der Waals surface area contributed by atoms with Crippen LogP contribution < -0.4 is 5.73 Å². The van der Waals surface area contributed by atoms with E-state index in [9.17, 15) is 0 Å². The summed E-state index contributed by atoms with van der Waals surface area (Å²) in [5, 5.41) is 9.93. The molecule has 156 valence electrons. The number of aromatic amines is 2. The zero-order chi connectivity index (χ0) is 22.1. The maximum atomic E-state index is 5.98. The van der Waals surface area contributed by atoms with Gasteiger partial charge in [-0.15, -0.1) is 0 Å². The molecule has 3 aromatic heterocycles. The van der Waals surface area contributed by atoms with Crippen LogP contribution in [-0.2, 0) is 0 Å². The number of nitrogens with zero attached hydrogens (tertiary/aromatic N) is 2. The van der Waals surface area contributed by atoms with Crippen molar-refractivity contribution in [1.82, 2.24) is 20.2 Å². The molecule has 0 bridgehead atoms. The van der Waals surface area contributed by atoms with Gasteiger partial charge in [-0.3, -0.25) is 10.1 Å². The van der Waals surface area contributed by atoms with Gasteiger partial charge in [-0.2, -0.15) is 5.10 Å². The summed E-state index contributed by atoms with van der Waals surface area (Å²) in [5.74, 6) is 0. The standard InChI is InChI=1S/C27H23N5/c1-3-17(14-19(28)4-2)18-11-12-25-22(15-18)27(32-31-25)26-16-21-20(8-7-10-24(21)30-26)23-9-5-6-13-29-23/h3-16,30H,2,28H2,1H3,(H,31,32)/b17-3+,19-14+. The minimum absolute atomic E-state index is 0.628. The number of aromatic nitrogens is 4. The number of rotatable bonds is 5. The van der Waals surface area contributed by atoms with Crippen molar-refractivity contribution in [3.8, 4) is 22.6 Å². The second kappa shape index (κ2) is 8.04. The van der Waals surface area contributed by atoms with Gasteiger partial charge in [-0.05, 0) is 66.6 Å². The molecule has 0 amide bonds. The Kier molecular flexibility index (Phi) is 4.92. The summed E-state index contributed by atoms with van der Waals surface area (Å²) in [7, 11) is 0. The van der Waals surface area contributed by atoms with Crippen molar-refractivity contribution in [3.63, 3.8) is 0 Å². The third-order valence-electron chi connectivity index (χ3n) is 5.63. The van der Waals surface area contributed by atoms with Crippen LogP contribution in [0.2, 0.25) is 0 Å². The maximum absolute atomic E-state index is 5.98. The Hall–Kier alpha value is -4.38. The second-order valence-corrected chi connectivity index (χ2v) is 7.59. The lowest BCUT2D eigenvalue weighted by Crippen LogP contribution is -1.93. The van der Waals surface area contributed by atoms with Crippen LogP contribution >= 0.6 is 0 Å². The minimum atomic E-state index is 0.628. The van der Waals surface area contributed by atoms with Crippen LogP contribution in [0.5, 0.6) is 0 Å². The Bertz CT molecular complexity index is 1500. The highest BCUT2D eigenvalue weighted by molar-refractivity contribution is 6.01. The van der Waals surface area contributed by atoms with Crippen LogP contribution in [0.3, 0.4) is 0 Å². The van der Waals surface area contributed by atoms with E-state index in [2.05, 4.69) is 57.1 Å². The van der Waals surface area contributed by atoms with Gasteiger partial charge in [0.15, 0.2) is 0 Å². The van der Waals surface area contributed by atoms with E-state index in [1.165, 1.54) is 0 Å². The Morgan fingerprint density at radius 2 is 1.91 bits per heavy atom. The van der Waals surface area contributed by atoms with Crippen LogP contribution in [0.25, 0.3) is 50.0 Å². The third-order valence-corrected chi connectivity index (χ3v) is 5.63. The van der Waals surface area contributed by atoms with E-state index < -0.39 is 0 Å². The largest absolute Gasteiger partial charge is 0.399 e. The zero-order valence-corrected chi connectivity index (χ0v) is 17.8. The van der Waals surface area contributed by atoms with E-state index in [1.807, 2.05) is 55.6 Å². The van der Waals surface area contributed by atoms with Gasteiger partial charge in [-0.25, -0.2) is 0 Å². The molecule has 4 N–H and O–H groups in total. The van der Waals surface area contributed by atoms with Gasteiger partial charge in [0.2, 0.25) is 0 Å². The molecule has 5 aromatic rings. The molecule has 5 rings (SSSR count). The number of hydrogen-bond donors (Lipinski definition) is 3. The molecule has 0 radical (unpaired) electrons. The third kappa shape index (κ3) is 3.40. The molecular formula is C27H23N5. The van der Waals surface area contributed by atoms with Crippen LogP contribution in [0, 0.1) is 0 Å². The second-order valence-electron chi connectivity index (χ2n) is 7.59. The highest BCUT2D eigenvalue weighted by Gasteiger charge is 2.14. The molecule has 3 heterocycles. The fourth-order valence-electron chi connectivity index (χ4n) is 4.00. The average Bonchev–Trinajstić information content (AvgIpc) is 3.46. The fourth-order valence-corrected chi connectivity index (χ4v) is 4.00. The van der Waals surface area contributed by atoms with E-state index >= 15 is 0 Å². The predicted octanol–water partition coefficient (Wildman–Crippen LogP) is 6.21. The first-order valence-corrected chi connectivity index (χ1v) is 10.5. The Morgan fingerprint density at radius 1 is 1.00 bits per heavy atom. The summed E-state index contributed by atoms with van der Waals surface area (Å²) in [4.78, 5) is 8.06. The van der Waals surface area contributed by atoms with Crippen molar-refractivity contribution in [1.29, 1.82) is 0 Å². The van der Waals surface area contributed by atoms with Gasteiger partial charge in [0.05, 0.1) is 16.9 Å². The van der Waals surface area contributed by atoms with Crippen molar-refractivity contribution < 1.29 is 0 Å². The Balaban J connectivity index is 1.65. The molecule has 0 unspecified atom stereocenters. The molecule has 0 aliphatic carbocycles. The molecule has 0 saturated carbocycles. The van der Waals surface area contributed by atoms with Gasteiger partial charge < -0.3 is 10.7 Å². The van der Waals surface area contributed by atoms with E-state index in [0.717, 1.165) is 55.6 Å². The van der Waals surface area contributed by atoms with E-state index in [4.69, 9.17) is 5.73 Å². The molecule has 2 aromatic carbocycles. The molecule has 0 aliphatic heterocycles. The monoisotopic (exact) mass is 417 g/mol. The van der Waals surface area contributed by atoms with Gasteiger partial charge in [0.25, 0.3) is 0 Å². The van der Waals surface area contributed by atoms with E-state index in [-0.39, 0.29) is 0 Å². The van der Waals surface area contributed by atoms with Crippen LogP contribution in [-0.4, -0.2) is 20.2 Å². The van der Waals surface area contributed by atoms with Crippen molar-refractivity contribution in [2.24, 2.45) is 5.73 Å². The molecule has 0 fully saturated rings.